The Hall–Kier alpha value is -1.55. The minimum Gasteiger partial charge on any atom is -0.390 e. The van der Waals surface area contributed by atoms with E-state index in [9.17, 15) is 24.2 Å². The first kappa shape index (κ1) is 13.9. The predicted octanol–water partition coefficient (Wildman–Crippen LogP) is -2.16. The van der Waals surface area contributed by atoms with Crippen LogP contribution in [0.3, 0.4) is 0 Å². The Balaban J connectivity index is 2.38. The van der Waals surface area contributed by atoms with Crippen molar-refractivity contribution in [2.24, 2.45) is 0 Å². The minimum absolute atomic E-state index is 0.423. The quantitative estimate of drug-likeness (QED) is 0.487. The number of aliphatic hydroxyl groups is 3. The van der Waals surface area contributed by atoms with Gasteiger partial charge in [0.15, 0.2) is 6.23 Å². The fourth-order valence-corrected chi connectivity index (χ4v) is 1.89. The number of nitrogens with zero attached hydrogens (tertiary/aromatic N) is 1. The van der Waals surface area contributed by atoms with Gasteiger partial charge in [0, 0.05) is 18.7 Å². The van der Waals surface area contributed by atoms with Crippen molar-refractivity contribution in [3.63, 3.8) is 0 Å². The van der Waals surface area contributed by atoms with Crippen molar-refractivity contribution < 1.29 is 24.4 Å². The average Bonchev–Trinajstić information content (AvgIpc) is 2.35. The van der Waals surface area contributed by atoms with Crippen molar-refractivity contribution in [2.45, 2.75) is 30.7 Å². The summed E-state index contributed by atoms with van der Waals surface area (Å²) < 4.78 is 19.6. The van der Waals surface area contributed by atoms with Crippen LogP contribution in [0, 0.1) is 0 Å². The number of hydrogen-bond donors (Lipinski definition) is 4. The summed E-state index contributed by atoms with van der Waals surface area (Å²) in [6.45, 7) is -1.13. The Morgan fingerprint density at radius 1 is 1.53 bits per heavy atom. The number of hydrogen-bond acceptors (Lipinski definition) is 6. The standard InChI is InChI=1S/C10H13FN2O6/c11-10(4-14)6(16)3-5(15)8(19-10)13-2-1-7(17)12-9(13)18/h1-2,5-6,8,14-16H,3-4H2,(H,12,17,18)/t5?,6-,8+,10+/m0/s1. The molecule has 2 rings (SSSR count). The predicted molar refractivity (Wildman–Crippen MR) is 59.0 cm³/mol. The lowest BCUT2D eigenvalue weighted by atomic mass is 10.00. The van der Waals surface area contributed by atoms with Crippen LogP contribution in [0.15, 0.2) is 21.9 Å². The van der Waals surface area contributed by atoms with Gasteiger partial charge in [0.25, 0.3) is 11.4 Å². The largest absolute Gasteiger partial charge is 0.390 e. The second-order valence-electron chi connectivity index (χ2n) is 4.29. The van der Waals surface area contributed by atoms with Crippen LogP contribution < -0.4 is 11.2 Å². The first-order valence-corrected chi connectivity index (χ1v) is 5.52. The SMILES string of the molecule is O=c1ccn([C@@H]2O[C@](F)(CO)[C@@H](O)CC2O)c(=O)[nH]1. The third-order valence-electron chi connectivity index (χ3n) is 2.95. The Kier molecular flexibility index (Phi) is 3.54. The van der Waals surface area contributed by atoms with Crippen LogP contribution in [-0.4, -0.2) is 49.5 Å². The van der Waals surface area contributed by atoms with Crippen molar-refractivity contribution in [2.75, 3.05) is 6.61 Å². The van der Waals surface area contributed by atoms with E-state index in [1.165, 1.54) is 0 Å². The summed E-state index contributed by atoms with van der Waals surface area (Å²) >= 11 is 0. The highest BCUT2D eigenvalue weighted by Gasteiger charge is 2.49. The van der Waals surface area contributed by atoms with E-state index < -0.39 is 48.6 Å². The van der Waals surface area contributed by atoms with Crippen molar-refractivity contribution in [3.05, 3.63) is 33.1 Å². The van der Waals surface area contributed by atoms with Gasteiger partial charge in [0.2, 0.25) is 0 Å². The van der Waals surface area contributed by atoms with E-state index in [0.29, 0.717) is 0 Å². The summed E-state index contributed by atoms with van der Waals surface area (Å²) in [4.78, 5) is 24.4. The van der Waals surface area contributed by atoms with E-state index >= 15 is 0 Å². The molecule has 1 aliphatic heterocycles. The fraction of sp³-hybridized carbons (Fsp3) is 0.600. The fourth-order valence-electron chi connectivity index (χ4n) is 1.89. The molecule has 2 heterocycles. The maximum atomic E-state index is 14.0. The summed E-state index contributed by atoms with van der Waals surface area (Å²) in [5, 5.41) is 28.0. The third kappa shape index (κ3) is 2.45. The zero-order valence-corrected chi connectivity index (χ0v) is 9.69. The maximum Gasteiger partial charge on any atom is 0.330 e. The monoisotopic (exact) mass is 276 g/mol. The van der Waals surface area contributed by atoms with Gasteiger partial charge < -0.3 is 20.1 Å². The number of ether oxygens (including phenoxy) is 1. The molecule has 0 saturated carbocycles. The molecule has 8 nitrogen and oxygen atoms in total. The van der Waals surface area contributed by atoms with E-state index in [4.69, 9.17) is 9.84 Å². The van der Waals surface area contributed by atoms with E-state index in [0.717, 1.165) is 16.8 Å². The molecule has 1 aliphatic rings. The van der Waals surface area contributed by atoms with Gasteiger partial charge in [-0.25, -0.2) is 9.18 Å². The Morgan fingerprint density at radius 2 is 2.21 bits per heavy atom. The van der Waals surface area contributed by atoms with Gasteiger partial charge in [-0.05, 0) is 0 Å². The highest BCUT2D eigenvalue weighted by molar-refractivity contribution is 4.92. The molecule has 9 heteroatoms. The topological polar surface area (TPSA) is 125 Å². The van der Waals surface area contributed by atoms with Crippen molar-refractivity contribution in [1.82, 2.24) is 9.55 Å². The van der Waals surface area contributed by atoms with Crippen LogP contribution in [0.5, 0.6) is 0 Å². The van der Waals surface area contributed by atoms with E-state index in [1.54, 1.807) is 0 Å². The molecule has 4 N–H and O–H groups in total. The molecule has 1 fully saturated rings. The number of aromatic amines is 1. The summed E-state index contributed by atoms with van der Waals surface area (Å²) in [7, 11) is 0. The van der Waals surface area contributed by atoms with E-state index in [1.807, 2.05) is 4.98 Å². The number of aliphatic hydroxyl groups excluding tert-OH is 3. The molecule has 1 unspecified atom stereocenters. The molecule has 0 spiro atoms. The lowest BCUT2D eigenvalue weighted by Crippen LogP contribution is -2.55. The molecule has 106 valence electrons. The molecule has 0 radical (unpaired) electrons. The van der Waals surface area contributed by atoms with Crippen LogP contribution in [0.4, 0.5) is 4.39 Å². The van der Waals surface area contributed by atoms with Crippen LogP contribution in [0.1, 0.15) is 12.6 Å². The summed E-state index contributed by atoms with van der Waals surface area (Å²) in [6.07, 6.45) is -3.93. The van der Waals surface area contributed by atoms with Gasteiger partial charge in [-0.2, -0.15) is 0 Å². The Bertz CT molecular complexity index is 572. The molecule has 0 bridgehead atoms. The average molecular weight is 276 g/mol. The Morgan fingerprint density at radius 3 is 2.79 bits per heavy atom. The number of H-pyrrole nitrogens is 1. The summed E-state index contributed by atoms with van der Waals surface area (Å²) in [5.41, 5.74) is -1.55. The smallest absolute Gasteiger partial charge is 0.330 e. The van der Waals surface area contributed by atoms with Gasteiger partial charge in [-0.3, -0.25) is 14.3 Å². The first-order chi connectivity index (χ1) is 8.87. The minimum atomic E-state index is -2.78. The van der Waals surface area contributed by atoms with Crippen molar-refractivity contribution >= 4 is 0 Å². The van der Waals surface area contributed by atoms with Crippen molar-refractivity contribution in [3.8, 4) is 0 Å². The number of alkyl halides is 1. The Labute approximate surface area is 105 Å². The molecule has 4 atom stereocenters. The van der Waals surface area contributed by atoms with Crippen LogP contribution >= 0.6 is 0 Å². The third-order valence-corrected chi connectivity index (χ3v) is 2.95. The molecule has 1 aromatic heterocycles. The number of halogens is 1. The van der Waals surface area contributed by atoms with Crippen LogP contribution in [0.25, 0.3) is 0 Å². The van der Waals surface area contributed by atoms with E-state index in [-0.39, 0.29) is 0 Å². The second-order valence-corrected chi connectivity index (χ2v) is 4.29. The second kappa shape index (κ2) is 4.85. The number of nitrogens with one attached hydrogen (secondary N) is 1. The lowest BCUT2D eigenvalue weighted by Gasteiger charge is -2.40. The molecule has 19 heavy (non-hydrogen) atoms. The zero-order valence-electron chi connectivity index (χ0n) is 9.69. The normalized spacial score (nSPS) is 35.3. The molecular formula is C10H13FN2O6. The first-order valence-electron chi connectivity index (χ1n) is 5.52. The number of aromatic nitrogens is 2. The highest BCUT2D eigenvalue weighted by atomic mass is 19.2. The molecular weight excluding hydrogens is 263 g/mol. The van der Waals surface area contributed by atoms with E-state index in [2.05, 4.69) is 0 Å². The van der Waals surface area contributed by atoms with Gasteiger partial charge in [0.1, 0.15) is 18.8 Å². The van der Waals surface area contributed by atoms with Crippen LogP contribution in [-0.2, 0) is 4.74 Å². The van der Waals surface area contributed by atoms with Gasteiger partial charge in [0.05, 0.1) is 0 Å². The molecule has 1 saturated heterocycles. The van der Waals surface area contributed by atoms with Crippen LogP contribution in [0.2, 0.25) is 0 Å². The number of rotatable bonds is 2. The summed E-state index contributed by atoms with van der Waals surface area (Å²) in [5.74, 6) is -2.78. The molecule has 1 aromatic rings. The zero-order chi connectivity index (χ0) is 14.2. The summed E-state index contributed by atoms with van der Waals surface area (Å²) in [6, 6.07) is 1.00. The molecule has 0 aliphatic carbocycles. The van der Waals surface area contributed by atoms with Crippen molar-refractivity contribution in [1.29, 1.82) is 0 Å². The molecule has 0 amide bonds. The lowest BCUT2D eigenvalue weighted by molar-refractivity contribution is -0.315. The molecule has 0 aromatic carbocycles. The van der Waals surface area contributed by atoms with Gasteiger partial charge >= 0.3 is 5.69 Å². The van der Waals surface area contributed by atoms with Gasteiger partial charge in [-0.1, -0.05) is 0 Å². The highest BCUT2D eigenvalue weighted by Crippen LogP contribution is 2.34. The van der Waals surface area contributed by atoms with Gasteiger partial charge in [-0.15, -0.1) is 0 Å². The maximum absolute atomic E-state index is 14.0.